The van der Waals surface area contributed by atoms with Crippen molar-refractivity contribution in [2.24, 2.45) is 11.8 Å². The number of piperidine rings is 1. The number of methoxy groups -OCH3 is 1. The fourth-order valence-electron chi connectivity index (χ4n) is 3.38. The zero-order valence-electron chi connectivity index (χ0n) is 14.5. The summed E-state index contributed by atoms with van der Waals surface area (Å²) in [5, 5.41) is 3.10. The van der Waals surface area contributed by atoms with Crippen LogP contribution >= 0.6 is 0 Å². The van der Waals surface area contributed by atoms with Gasteiger partial charge in [-0.2, -0.15) is 0 Å². The number of rotatable bonds is 5. The summed E-state index contributed by atoms with van der Waals surface area (Å²) in [5.74, 6) is 1.41. The largest absolute Gasteiger partial charge is 0.496 e. The van der Waals surface area contributed by atoms with E-state index in [0.717, 1.165) is 37.0 Å². The maximum absolute atomic E-state index is 12.5. The summed E-state index contributed by atoms with van der Waals surface area (Å²) in [6.45, 7) is 3.38. The Morgan fingerprint density at radius 3 is 2.42 bits per heavy atom. The molecular formula is C19H26N2O3. The number of likely N-dealkylation sites (tertiary alicyclic amines) is 1. The molecule has 1 aliphatic heterocycles. The Bertz CT molecular complexity index is 604. The Balaban J connectivity index is 1.53. The van der Waals surface area contributed by atoms with Crippen molar-refractivity contribution < 1.29 is 14.3 Å². The number of hydrogen-bond acceptors (Lipinski definition) is 3. The van der Waals surface area contributed by atoms with E-state index >= 15 is 0 Å². The number of nitrogens with zero attached hydrogens (tertiary/aromatic N) is 1. The monoisotopic (exact) mass is 330 g/mol. The van der Waals surface area contributed by atoms with Crippen molar-refractivity contribution >= 4 is 11.8 Å². The number of hydrogen-bond donors (Lipinski definition) is 1. The summed E-state index contributed by atoms with van der Waals surface area (Å²) >= 11 is 0. The summed E-state index contributed by atoms with van der Waals surface area (Å²) < 4.78 is 5.37. The fourth-order valence-corrected chi connectivity index (χ4v) is 3.38. The maximum atomic E-state index is 12.5. The molecule has 1 heterocycles. The van der Waals surface area contributed by atoms with E-state index in [-0.39, 0.29) is 29.7 Å². The Labute approximate surface area is 143 Å². The van der Waals surface area contributed by atoms with Crippen LogP contribution in [-0.2, 0) is 9.59 Å². The number of para-hydroxylation sites is 1. The summed E-state index contributed by atoms with van der Waals surface area (Å²) in [6, 6.07) is 7.65. The van der Waals surface area contributed by atoms with E-state index in [2.05, 4.69) is 5.32 Å². The van der Waals surface area contributed by atoms with Gasteiger partial charge in [-0.25, -0.2) is 0 Å². The number of amides is 2. The third kappa shape index (κ3) is 3.71. The van der Waals surface area contributed by atoms with Gasteiger partial charge in [0, 0.05) is 30.5 Å². The molecule has 2 amide bonds. The van der Waals surface area contributed by atoms with Crippen LogP contribution < -0.4 is 10.1 Å². The predicted molar refractivity (Wildman–Crippen MR) is 91.6 cm³/mol. The number of carbonyl (C=O) groups is 2. The molecule has 0 bridgehead atoms. The Hall–Kier alpha value is -2.04. The molecule has 1 atom stereocenters. The van der Waals surface area contributed by atoms with Gasteiger partial charge in [0.1, 0.15) is 5.75 Å². The number of ether oxygens (including phenoxy) is 1. The van der Waals surface area contributed by atoms with Crippen molar-refractivity contribution in [3.8, 4) is 5.75 Å². The molecule has 1 unspecified atom stereocenters. The van der Waals surface area contributed by atoms with Gasteiger partial charge in [-0.1, -0.05) is 18.2 Å². The molecule has 0 spiro atoms. The van der Waals surface area contributed by atoms with Crippen molar-refractivity contribution in [1.82, 2.24) is 10.2 Å². The number of benzene rings is 1. The van der Waals surface area contributed by atoms with Crippen LogP contribution in [0.25, 0.3) is 0 Å². The van der Waals surface area contributed by atoms with Crippen LogP contribution in [0.4, 0.5) is 0 Å². The van der Waals surface area contributed by atoms with E-state index in [0.29, 0.717) is 13.1 Å². The molecule has 5 nitrogen and oxygen atoms in total. The van der Waals surface area contributed by atoms with E-state index in [1.54, 1.807) is 7.11 Å². The van der Waals surface area contributed by atoms with Gasteiger partial charge in [0.05, 0.1) is 13.2 Å². The topological polar surface area (TPSA) is 58.6 Å². The van der Waals surface area contributed by atoms with Crippen LogP contribution in [0.5, 0.6) is 5.75 Å². The van der Waals surface area contributed by atoms with Crippen LogP contribution in [-0.4, -0.2) is 36.9 Å². The quantitative estimate of drug-likeness (QED) is 0.902. The Morgan fingerprint density at radius 1 is 1.12 bits per heavy atom. The molecule has 24 heavy (non-hydrogen) atoms. The molecule has 130 valence electrons. The first-order chi connectivity index (χ1) is 11.6. The zero-order chi connectivity index (χ0) is 17.1. The fraction of sp³-hybridized carbons (Fsp3) is 0.579. The average Bonchev–Trinajstić information content (AvgIpc) is 3.46. The van der Waals surface area contributed by atoms with E-state index in [1.807, 2.05) is 36.1 Å². The summed E-state index contributed by atoms with van der Waals surface area (Å²) in [7, 11) is 1.64. The van der Waals surface area contributed by atoms with Crippen LogP contribution in [0.15, 0.2) is 24.3 Å². The molecule has 1 N–H and O–H groups in total. The smallest absolute Gasteiger partial charge is 0.225 e. The lowest BCUT2D eigenvalue weighted by Crippen LogP contribution is -2.44. The third-order valence-corrected chi connectivity index (χ3v) is 5.07. The molecule has 1 saturated heterocycles. The highest BCUT2D eigenvalue weighted by Crippen LogP contribution is 2.32. The lowest BCUT2D eigenvalue weighted by Gasteiger charge is -2.32. The van der Waals surface area contributed by atoms with Gasteiger partial charge in [0.2, 0.25) is 11.8 Å². The second-order valence-electron chi connectivity index (χ2n) is 6.85. The molecule has 2 aliphatic rings. The van der Waals surface area contributed by atoms with Gasteiger partial charge in [-0.3, -0.25) is 9.59 Å². The van der Waals surface area contributed by atoms with Gasteiger partial charge < -0.3 is 15.0 Å². The minimum absolute atomic E-state index is 0.00888. The minimum atomic E-state index is -0.0974. The van der Waals surface area contributed by atoms with Crippen LogP contribution in [0.1, 0.15) is 44.2 Å². The van der Waals surface area contributed by atoms with E-state index in [9.17, 15) is 9.59 Å². The van der Waals surface area contributed by atoms with Crippen molar-refractivity contribution in [2.45, 2.75) is 38.6 Å². The molecular weight excluding hydrogens is 304 g/mol. The van der Waals surface area contributed by atoms with Crippen molar-refractivity contribution in [2.75, 3.05) is 20.2 Å². The van der Waals surface area contributed by atoms with Gasteiger partial charge in [-0.15, -0.1) is 0 Å². The highest BCUT2D eigenvalue weighted by atomic mass is 16.5. The molecule has 1 aromatic carbocycles. The predicted octanol–water partition coefficient (Wildman–Crippen LogP) is 2.52. The molecule has 3 rings (SSSR count). The van der Waals surface area contributed by atoms with Crippen molar-refractivity contribution in [1.29, 1.82) is 0 Å². The van der Waals surface area contributed by atoms with Crippen molar-refractivity contribution in [3.63, 3.8) is 0 Å². The third-order valence-electron chi connectivity index (χ3n) is 5.07. The molecule has 1 saturated carbocycles. The number of nitrogens with one attached hydrogen (secondary N) is 1. The highest BCUT2D eigenvalue weighted by Gasteiger charge is 2.36. The van der Waals surface area contributed by atoms with Crippen LogP contribution in [0.3, 0.4) is 0 Å². The molecule has 2 fully saturated rings. The summed E-state index contributed by atoms with van der Waals surface area (Å²) in [6.07, 6.45) is 3.58. The van der Waals surface area contributed by atoms with Crippen LogP contribution in [0.2, 0.25) is 0 Å². The summed E-state index contributed by atoms with van der Waals surface area (Å²) in [5.41, 5.74) is 0.981. The zero-order valence-corrected chi connectivity index (χ0v) is 14.5. The first-order valence-corrected chi connectivity index (χ1v) is 8.82. The second kappa shape index (κ2) is 7.24. The molecule has 1 aliphatic carbocycles. The van der Waals surface area contributed by atoms with E-state index < -0.39 is 0 Å². The molecule has 1 aromatic rings. The van der Waals surface area contributed by atoms with Crippen molar-refractivity contribution in [3.05, 3.63) is 29.8 Å². The first-order valence-electron chi connectivity index (χ1n) is 8.82. The van der Waals surface area contributed by atoms with E-state index in [4.69, 9.17) is 4.74 Å². The molecule has 5 heteroatoms. The van der Waals surface area contributed by atoms with Gasteiger partial charge in [-0.05, 0) is 38.7 Å². The molecule has 0 radical (unpaired) electrons. The first kappa shape index (κ1) is 16.8. The molecule has 0 aromatic heterocycles. The van der Waals surface area contributed by atoms with Crippen LogP contribution in [0, 0.1) is 11.8 Å². The Morgan fingerprint density at radius 2 is 1.79 bits per heavy atom. The van der Waals surface area contributed by atoms with Gasteiger partial charge in [0.25, 0.3) is 0 Å². The van der Waals surface area contributed by atoms with Gasteiger partial charge in [0.15, 0.2) is 0 Å². The second-order valence-corrected chi connectivity index (χ2v) is 6.85. The lowest BCUT2D eigenvalue weighted by molar-refractivity contribution is -0.136. The maximum Gasteiger partial charge on any atom is 0.225 e. The SMILES string of the molecule is COc1ccccc1C(C)NC(=O)C1CCN(C(=O)C2CC2)CC1. The van der Waals surface area contributed by atoms with E-state index in [1.165, 1.54) is 0 Å². The average molecular weight is 330 g/mol. The highest BCUT2D eigenvalue weighted by molar-refractivity contribution is 5.82. The number of carbonyl (C=O) groups excluding carboxylic acids is 2. The van der Waals surface area contributed by atoms with Gasteiger partial charge >= 0.3 is 0 Å². The minimum Gasteiger partial charge on any atom is -0.496 e. The summed E-state index contributed by atoms with van der Waals surface area (Å²) in [4.78, 5) is 26.6. The lowest BCUT2D eigenvalue weighted by atomic mass is 9.94. The standard InChI is InChI=1S/C19H26N2O3/c1-13(16-5-3-4-6-17(16)24-2)20-18(22)14-9-11-21(12-10-14)19(23)15-7-8-15/h3-6,13-15H,7-12H2,1-2H3,(H,20,22). The normalized spacial score (nSPS) is 19.7. The Kier molecular flexibility index (Phi) is 5.07.